The van der Waals surface area contributed by atoms with Gasteiger partial charge in [-0.05, 0) is 103 Å². The van der Waals surface area contributed by atoms with E-state index in [0.717, 1.165) is 116 Å². The smallest absolute Gasteiger partial charge is 0.407 e. The van der Waals surface area contributed by atoms with E-state index in [4.69, 9.17) is 18.9 Å². The van der Waals surface area contributed by atoms with Crippen molar-refractivity contribution in [3.8, 4) is 0 Å². The van der Waals surface area contributed by atoms with E-state index in [-0.39, 0.29) is 31.6 Å². The van der Waals surface area contributed by atoms with E-state index in [0.29, 0.717) is 32.4 Å². The van der Waals surface area contributed by atoms with Gasteiger partial charge in [0.2, 0.25) is 0 Å². The number of carbonyl (C=O) groups excluding carboxylic acids is 3. The lowest BCUT2D eigenvalue weighted by molar-refractivity contribution is -0.188. The minimum atomic E-state index is -1.32. The van der Waals surface area contributed by atoms with Crippen molar-refractivity contribution in [2.75, 3.05) is 39.9 Å². The van der Waals surface area contributed by atoms with Crippen LogP contribution < -0.4 is 5.32 Å². The Morgan fingerprint density at radius 1 is 0.530 bits per heavy atom. The van der Waals surface area contributed by atoms with Crippen molar-refractivity contribution >= 4 is 18.0 Å². The number of likely N-dealkylation sites (N-methyl/N-ethyl adjacent to an activating group) is 1. The van der Waals surface area contributed by atoms with Crippen LogP contribution in [0.4, 0.5) is 4.79 Å². The molecule has 0 radical (unpaired) electrons. The molecule has 2 atom stereocenters. The number of alkyl carbamates (subject to hydrolysis) is 1. The fourth-order valence-electron chi connectivity index (χ4n) is 7.38. The zero-order valence-corrected chi connectivity index (χ0v) is 43.3. The highest BCUT2D eigenvalue weighted by Crippen LogP contribution is 2.18. The number of carbonyl (C=O) groups is 3. The van der Waals surface area contributed by atoms with Gasteiger partial charge in [-0.25, -0.2) is 4.79 Å². The maximum Gasteiger partial charge on any atom is 0.407 e. The first kappa shape index (κ1) is 63.0. The third-order valence-corrected chi connectivity index (χ3v) is 11.8. The Labute approximate surface area is 405 Å². The topological polar surface area (TPSA) is 124 Å². The second-order valence-corrected chi connectivity index (χ2v) is 18.2. The molecule has 0 aliphatic rings. The van der Waals surface area contributed by atoms with E-state index in [9.17, 15) is 19.5 Å². The second-order valence-electron chi connectivity index (χ2n) is 18.2. The molecule has 0 spiro atoms. The van der Waals surface area contributed by atoms with Crippen LogP contribution in [-0.2, 0) is 28.5 Å². The molecule has 1 amide bonds. The van der Waals surface area contributed by atoms with Gasteiger partial charge in [0.15, 0.2) is 6.29 Å². The molecule has 384 valence electrons. The maximum absolute atomic E-state index is 12.8. The van der Waals surface area contributed by atoms with Crippen LogP contribution in [0.2, 0.25) is 0 Å². The summed E-state index contributed by atoms with van der Waals surface area (Å²) >= 11 is 0. The van der Waals surface area contributed by atoms with Crippen molar-refractivity contribution in [2.24, 2.45) is 0 Å². The summed E-state index contributed by atoms with van der Waals surface area (Å²) in [4.78, 5) is 40.4. The Morgan fingerprint density at radius 3 is 1.41 bits per heavy atom. The van der Waals surface area contributed by atoms with Gasteiger partial charge < -0.3 is 34.3 Å². The summed E-state index contributed by atoms with van der Waals surface area (Å²) in [5.41, 5.74) is 0. The number of nitrogens with one attached hydrogen (secondary N) is 1. The number of hydrogen-bond donors (Lipinski definition) is 2. The molecule has 0 saturated heterocycles. The number of nitrogens with zero attached hydrogens (tertiary/aromatic N) is 1. The quantitative estimate of drug-likeness (QED) is 0.0202. The first-order chi connectivity index (χ1) is 32.2. The fourth-order valence-corrected chi connectivity index (χ4v) is 7.38. The molecule has 0 bridgehead atoms. The van der Waals surface area contributed by atoms with Gasteiger partial charge in [-0.2, -0.15) is 0 Å². The standard InChI is InChI=1S/C56H102N2O8/c1-6-10-13-16-19-21-23-25-27-29-31-33-35-38-41-44-53(59)63-49-52(50-64-54(60)45-42-39-36-34-32-30-28-26-24-22-20-17-14-11-7-2)65-55(61)48-51(43-40-37-18-15-12-8-3)66-56(62)57-46-47-58(5)9-4/h19-22,25-28,51-52,55,61H,6-18,23-24,29-50H2,1-5H3,(H,57,62)/b21-19-,22-20-,27-25-,28-26-. The van der Waals surface area contributed by atoms with E-state index < -0.39 is 24.6 Å². The van der Waals surface area contributed by atoms with E-state index in [1.165, 1.54) is 70.6 Å². The number of esters is 2. The van der Waals surface area contributed by atoms with Crippen molar-refractivity contribution < 1.29 is 38.4 Å². The number of unbranched alkanes of at least 4 members (excludes halogenated alkanes) is 21. The Balaban J connectivity index is 5.02. The van der Waals surface area contributed by atoms with Gasteiger partial charge in [0.05, 0.1) is 0 Å². The number of allylic oxidation sites excluding steroid dienone is 8. The molecule has 0 aliphatic heterocycles. The van der Waals surface area contributed by atoms with E-state index in [1.54, 1.807) is 0 Å². The zero-order chi connectivity index (χ0) is 48.4. The summed E-state index contributed by atoms with van der Waals surface area (Å²) in [5, 5.41) is 14.0. The van der Waals surface area contributed by atoms with Crippen molar-refractivity contribution in [3.05, 3.63) is 48.6 Å². The molecular formula is C56H102N2O8. The Bertz CT molecular complexity index is 1160. The molecule has 0 fully saturated rings. The van der Waals surface area contributed by atoms with Gasteiger partial charge in [0, 0.05) is 32.4 Å². The lowest BCUT2D eigenvalue weighted by Crippen LogP contribution is -2.37. The predicted octanol–water partition coefficient (Wildman–Crippen LogP) is 14.6. The maximum atomic E-state index is 12.8. The van der Waals surface area contributed by atoms with Crippen LogP contribution in [0.5, 0.6) is 0 Å². The van der Waals surface area contributed by atoms with Crippen LogP contribution >= 0.6 is 0 Å². The summed E-state index contributed by atoms with van der Waals surface area (Å²) in [7, 11) is 1.99. The molecule has 10 nitrogen and oxygen atoms in total. The number of aliphatic hydroxyl groups excluding tert-OH is 1. The van der Waals surface area contributed by atoms with Crippen LogP contribution in [0, 0.1) is 0 Å². The van der Waals surface area contributed by atoms with Crippen LogP contribution in [-0.4, -0.2) is 86.4 Å². The number of rotatable bonds is 48. The third-order valence-electron chi connectivity index (χ3n) is 11.8. The van der Waals surface area contributed by atoms with Crippen LogP contribution in [0.1, 0.15) is 233 Å². The highest BCUT2D eigenvalue weighted by Gasteiger charge is 2.24. The van der Waals surface area contributed by atoms with Crippen LogP contribution in [0.25, 0.3) is 0 Å². The van der Waals surface area contributed by atoms with Crippen LogP contribution in [0.3, 0.4) is 0 Å². The minimum Gasteiger partial charge on any atom is -0.463 e. The average Bonchev–Trinajstić information content (AvgIpc) is 3.30. The molecule has 0 aliphatic carbocycles. The number of hydrogen-bond acceptors (Lipinski definition) is 9. The molecule has 0 rings (SSSR count). The first-order valence-corrected chi connectivity index (χ1v) is 27.1. The SMILES string of the molecule is CCCCC/C=C\C/C=C\CCCCCCCC(=O)OCC(COC(=O)CCCCCCC/C=C\C/C=C\CCCCC)OC(O)CC(CCCCCCCC)OC(=O)NCCN(C)CC. The van der Waals surface area contributed by atoms with E-state index in [1.807, 2.05) is 7.05 Å². The molecule has 0 heterocycles. The average molecular weight is 931 g/mol. The van der Waals surface area contributed by atoms with Crippen molar-refractivity contribution in [1.29, 1.82) is 0 Å². The molecule has 2 unspecified atom stereocenters. The molecule has 2 N–H and O–H groups in total. The van der Waals surface area contributed by atoms with Gasteiger partial charge >= 0.3 is 18.0 Å². The summed E-state index contributed by atoms with van der Waals surface area (Å²) < 4.78 is 23.0. The highest BCUT2D eigenvalue weighted by molar-refractivity contribution is 5.70. The summed E-state index contributed by atoms with van der Waals surface area (Å²) in [5.74, 6) is -0.676. The molecule has 66 heavy (non-hydrogen) atoms. The highest BCUT2D eigenvalue weighted by atomic mass is 16.6. The minimum absolute atomic E-state index is 0.0492. The Kier molecular flexibility index (Phi) is 47.7. The van der Waals surface area contributed by atoms with E-state index in [2.05, 4.69) is 86.5 Å². The van der Waals surface area contributed by atoms with Crippen molar-refractivity contribution in [3.63, 3.8) is 0 Å². The van der Waals surface area contributed by atoms with Crippen LogP contribution in [0.15, 0.2) is 48.6 Å². The second kappa shape index (κ2) is 49.9. The predicted molar refractivity (Wildman–Crippen MR) is 276 cm³/mol. The molecule has 10 heteroatoms. The third kappa shape index (κ3) is 46.2. The monoisotopic (exact) mass is 931 g/mol. The summed E-state index contributed by atoms with van der Waals surface area (Å²) in [6, 6.07) is 0. The summed E-state index contributed by atoms with van der Waals surface area (Å²) in [6.45, 7) is 10.4. The number of aliphatic hydroxyl groups is 1. The number of ether oxygens (including phenoxy) is 4. The Hall–Kier alpha value is -2.95. The number of amides is 1. The normalized spacial score (nSPS) is 13.0. The van der Waals surface area contributed by atoms with Gasteiger partial charge in [0.1, 0.15) is 25.4 Å². The molecular weight excluding hydrogens is 829 g/mol. The first-order valence-electron chi connectivity index (χ1n) is 27.1. The lowest BCUT2D eigenvalue weighted by Gasteiger charge is -2.25. The largest absolute Gasteiger partial charge is 0.463 e. The molecule has 0 aromatic rings. The zero-order valence-electron chi connectivity index (χ0n) is 43.3. The summed E-state index contributed by atoms with van der Waals surface area (Å²) in [6.07, 6.45) is 46.8. The molecule has 0 aromatic carbocycles. The fraction of sp³-hybridized carbons (Fsp3) is 0.804. The van der Waals surface area contributed by atoms with Gasteiger partial charge in [-0.1, -0.05) is 173 Å². The van der Waals surface area contributed by atoms with Crippen molar-refractivity contribution in [2.45, 2.75) is 252 Å². The molecule has 0 saturated carbocycles. The van der Waals surface area contributed by atoms with Crippen molar-refractivity contribution in [1.82, 2.24) is 10.2 Å². The van der Waals surface area contributed by atoms with E-state index >= 15 is 0 Å². The lowest BCUT2D eigenvalue weighted by atomic mass is 10.1. The Morgan fingerprint density at radius 2 is 0.939 bits per heavy atom. The molecule has 0 aromatic heterocycles. The van der Waals surface area contributed by atoms with Gasteiger partial charge in [-0.15, -0.1) is 0 Å². The van der Waals surface area contributed by atoms with Gasteiger partial charge in [0.25, 0.3) is 0 Å². The van der Waals surface area contributed by atoms with Gasteiger partial charge in [-0.3, -0.25) is 9.59 Å².